The van der Waals surface area contributed by atoms with E-state index in [1.165, 1.54) is 66.8 Å². The molecule has 1 aromatic heterocycles. The van der Waals surface area contributed by atoms with Gasteiger partial charge in [0, 0.05) is 38.7 Å². The molecule has 10 aromatic rings. The Morgan fingerprint density at radius 1 is 0.306 bits per heavy atom. The van der Waals surface area contributed by atoms with Crippen LogP contribution in [0, 0.1) is 0 Å². The predicted molar refractivity (Wildman–Crippen MR) is 260 cm³/mol. The molecule has 2 heteroatoms. The van der Waals surface area contributed by atoms with E-state index in [2.05, 4.69) is 221 Å². The van der Waals surface area contributed by atoms with Crippen LogP contribution >= 0.6 is 0 Å². The summed E-state index contributed by atoms with van der Waals surface area (Å²) in [6.07, 6.45) is 0. The van der Waals surface area contributed by atoms with Crippen molar-refractivity contribution in [3.8, 4) is 55.6 Å². The van der Waals surface area contributed by atoms with Crippen LogP contribution in [0.3, 0.4) is 0 Å². The molecule has 1 heterocycles. The summed E-state index contributed by atoms with van der Waals surface area (Å²) in [5.41, 5.74) is 23.0. The van der Waals surface area contributed by atoms with Crippen molar-refractivity contribution in [3.05, 3.63) is 222 Å². The number of fused-ring (bicyclic) bond motifs is 9. The molecule has 62 heavy (non-hydrogen) atoms. The molecule has 0 spiro atoms. The topological polar surface area (TPSA) is 16.4 Å². The fourth-order valence-corrected chi connectivity index (χ4v) is 10.6. The zero-order valence-electron chi connectivity index (χ0n) is 35.4. The van der Waals surface area contributed by atoms with Gasteiger partial charge in [-0.25, -0.2) is 0 Å². The van der Waals surface area contributed by atoms with Crippen LogP contribution < -0.4 is 4.90 Å². The van der Waals surface area contributed by atoms with Crippen LogP contribution in [0.1, 0.15) is 49.9 Å². The van der Waals surface area contributed by atoms with Crippen LogP contribution in [0.15, 0.2) is 205 Å². The second-order valence-electron chi connectivity index (χ2n) is 18.2. The molecule has 0 atom stereocenters. The Bertz CT molecular complexity index is 3420. The monoisotopic (exact) mass is 795 g/mol. The van der Waals surface area contributed by atoms with Crippen LogP contribution in [-0.4, -0.2) is 0 Å². The van der Waals surface area contributed by atoms with Gasteiger partial charge in [0.15, 0.2) is 0 Å². The quantitative estimate of drug-likeness (QED) is 0.167. The molecule has 2 aliphatic rings. The first-order valence-corrected chi connectivity index (χ1v) is 21.7. The number of anilines is 3. The third-order valence-electron chi connectivity index (χ3n) is 13.9. The Morgan fingerprint density at radius 2 is 0.823 bits per heavy atom. The summed E-state index contributed by atoms with van der Waals surface area (Å²) in [4.78, 5) is 2.42. The number of hydrogen-bond donors (Lipinski definition) is 0. The highest BCUT2D eigenvalue weighted by Crippen LogP contribution is 2.52. The second kappa shape index (κ2) is 13.5. The maximum Gasteiger partial charge on any atom is 0.136 e. The molecular weight excluding hydrogens is 751 g/mol. The number of rotatable bonds is 6. The first-order valence-electron chi connectivity index (χ1n) is 21.7. The molecule has 12 rings (SSSR count). The molecule has 2 nitrogen and oxygen atoms in total. The van der Waals surface area contributed by atoms with E-state index in [1.807, 2.05) is 12.1 Å². The third kappa shape index (κ3) is 5.56. The number of furan rings is 1. The van der Waals surface area contributed by atoms with Crippen molar-refractivity contribution in [2.75, 3.05) is 4.90 Å². The van der Waals surface area contributed by atoms with Crippen LogP contribution in [0.4, 0.5) is 17.1 Å². The van der Waals surface area contributed by atoms with Crippen LogP contribution in [0.25, 0.3) is 77.6 Å². The molecule has 0 aliphatic heterocycles. The first-order chi connectivity index (χ1) is 30.2. The van der Waals surface area contributed by atoms with Crippen LogP contribution in [0.2, 0.25) is 0 Å². The first kappa shape index (κ1) is 36.4. The van der Waals surface area contributed by atoms with E-state index >= 15 is 0 Å². The minimum atomic E-state index is -0.121. The van der Waals surface area contributed by atoms with Gasteiger partial charge in [-0.15, -0.1) is 0 Å². The largest absolute Gasteiger partial charge is 0.456 e. The van der Waals surface area contributed by atoms with Crippen molar-refractivity contribution in [2.24, 2.45) is 0 Å². The van der Waals surface area contributed by atoms with Gasteiger partial charge in [0.05, 0.1) is 0 Å². The average Bonchev–Trinajstić information content (AvgIpc) is 3.88. The third-order valence-corrected chi connectivity index (χ3v) is 13.9. The van der Waals surface area contributed by atoms with Gasteiger partial charge in [-0.3, -0.25) is 0 Å². The molecule has 0 saturated carbocycles. The lowest BCUT2D eigenvalue weighted by Gasteiger charge is -2.28. The van der Waals surface area contributed by atoms with Crippen molar-refractivity contribution >= 4 is 39.0 Å². The normalized spacial score (nSPS) is 14.1. The van der Waals surface area contributed by atoms with Crippen molar-refractivity contribution in [1.29, 1.82) is 0 Å². The Balaban J connectivity index is 0.944. The predicted octanol–water partition coefficient (Wildman–Crippen LogP) is 16.7. The van der Waals surface area contributed by atoms with Crippen LogP contribution in [-0.2, 0) is 10.8 Å². The lowest BCUT2D eigenvalue weighted by molar-refractivity contribution is 0.660. The highest BCUT2D eigenvalue weighted by atomic mass is 16.3. The Labute approximate surface area is 363 Å². The minimum Gasteiger partial charge on any atom is -0.456 e. The Kier molecular flexibility index (Phi) is 7.96. The standard InChI is InChI=1S/C60H45NO/c1-59(2)54-21-9-6-18-48(54)52-35-42(26-32-55(52)59)40-14-11-13-39(33-40)41-15-12-16-45(34-41)61(46-29-31-49-47-17-5-8-20-53(47)60(3,4)56(49)37-46)44-27-23-38(24-28-44)43-25-30-51-50-19-7-10-22-57(50)62-58(51)36-43/h5-37H,1-4H3. The zero-order valence-corrected chi connectivity index (χ0v) is 35.4. The molecule has 0 bridgehead atoms. The Morgan fingerprint density at radius 3 is 1.60 bits per heavy atom. The number of nitrogens with zero attached hydrogens (tertiary/aromatic N) is 1. The van der Waals surface area contributed by atoms with E-state index in [-0.39, 0.29) is 10.8 Å². The van der Waals surface area contributed by atoms with Gasteiger partial charge in [-0.05, 0) is 145 Å². The highest BCUT2D eigenvalue weighted by molar-refractivity contribution is 6.06. The van der Waals surface area contributed by atoms with E-state index in [0.717, 1.165) is 50.1 Å². The van der Waals surface area contributed by atoms with Gasteiger partial charge >= 0.3 is 0 Å². The van der Waals surface area contributed by atoms with E-state index in [4.69, 9.17) is 4.42 Å². The fraction of sp³-hybridized carbons (Fsp3) is 0.100. The van der Waals surface area contributed by atoms with E-state index in [0.29, 0.717) is 0 Å². The van der Waals surface area contributed by atoms with Crippen molar-refractivity contribution in [2.45, 2.75) is 38.5 Å². The summed E-state index contributed by atoms with van der Waals surface area (Å²) in [6.45, 7) is 9.39. The van der Waals surface area contributed by atoms with Crippen molar-refractivity contribution in [3.63, 3.8) is 0 Å². The molecular formula is C60H45NO. The lowest BCUT2D eigenvalue weighted by atomic mass is 9.82. The highest BCUT2D eigenvalue weighted by Gasteiger charge is 2.36. The maximum atomic E-state index is 6.28. The molecule has 9 aromatic carbocycles. The van der Waals surface area contributed by atoms with Crippen LogP contribution in [0.5, 0.6) is 0 Å². The van der Waals surface area contributed by atoms with Gasteiger partial charge in [0.1, 0.15) is 11.2 Å². The number of hydrogen-bond acceptors (Lipinski definition) is 2. The molecule has 0 amide bonds. The Hall–Kier alpha value is -7.42. The maximum absolute atomic E-state index is 6.28. The van der Waals surface area contributed by atoms with Crippen molar-refractivity contribution < 1.29 is 4.42 Å². The fourth-order valence-electron chi connectivity index (χ4n) is 10.6. The summed E-state index contributed by atoms with van der Waals surface area (Å²) >= 11 is 0. The second-order valence-corrected chi connectivity index (χ2v) is 18.2. The molecule has 0 saturated heterocycles. The minimum absolute atomic E-state index is 0.0126. The molecule has 0 fully saturated rings. The molecule has 0 radical (unpaired) electrons. The SMILES string of the molecule is CC1(C)c2ccccc2-c2cc(-c3cccc(-c4cccc(N(c5ccc(-c6ccc7c(c6)oc6ccccc67)cc5)c5ccc6c(c5)C(C)(C)c5ccccc5-6)c4)c3)ccc21. The number of benzene rings is 9. The molecule has 296 valence electrons. The van der Waals surface area contributed by atoms with E-state index in [1.54, 1.807) is 0 Å². The number of para-hydroxylation sites is 1. The smallest absolute Gasteiger partial charge is 0.136 e. The van der Waals surface area contributed by atoms with Gasteiger partial charge in [-0.2, -0.15) is 0 Å². The average molecular weight is 796 g/mol. The summed E-state index contributed by atoms with van der Waals surface area (Å²) in [5, 5.41) is 2.29. The summed E-state index contributed by atoms with van der Waals surface area (Å²) in [7, 11) is 0. The summed E-state index contributed by atoms with van der Waals surface area (Å²) in [6, 6.07) is 73.7. The molecule has 0 unspecified atom stereocenters. The summed E-state index contributed by atoms with van der Waals surface area (Å²) in [5.74, 6) is 0. The van der Waals surface area contributed by atoms with Gasteiger partial charge < -0.3 is 9.32 Å². The zero-order chi connectivity index (χ0) is 41.7. The lowest BCUT2D eigenvalue weighted by Crippen LogP contribution is -2.16. The van der Waals surface area contributed by atoms with Crippen molar-refractivity contribution in [1.82, 2.24) is 0 Å². The van der Waals surface area contributed by atoms with Gasteiger partial charge in [0.2, 0.25) is 0 Å². The summed E-state index contributed by atoms with van der Waals surface area (Å²) < 4.78 is 6.28. The molecule has 2 aliphatic carbocycles. The molecule has 0 N–H and O–H groups in total. The van der Waals surface area contributed by atoms with E-state index in [9.17, 15) is 0 Å². The van der Waals surface area contributed by atoms with E-state index < -0.39 is 0 Å². The van der Waals surface area contributed by atoms with Gasteiger partial charge in [-0.1, -0.05) is 161 Å². The van der Waals surface area contributed by atoms with Gasteiger partial charge in [0.25, 0.3) is 0 Å².